The Morgan fingerprint density at radius 1 is 0.612 bits per heavy atom. The van der Waals surface area contributed by atoms with Gasteiger partial charge in [0, 0.05) is 106 Å². The third kappa shape index (κ3) is 21.0. The monoisotopic (exact) mass is 1480 g/mol. The summed E-state index contributed by atoms with van der Waals surface area (Å²) in [4.78, 5) is 191. The number of rotatable bonds is 10. The van der Waals surface area contributed by atoms with Gasteiger partial charge in [0.2, 0.25) is 70.9 Å². The quantitative estimate of drug-likeness (QED) is 0.187. The Kier molecular flexibility index (Phi) is 29.5. The van der Waals surface area contributed by atoms with Gasteiger partial charge < -0.3 is 60.0 Å². The van der Waals surface area contributed by atoms with E-state index in [4.69, 9.17) is 11.6 Å². The van der Waals surface area contributed by atoms with Crippen LogP contribution in [0.5, 0.6) is 0 Å². The highest BCUT2D eigenvalue weighted by molar-refractivity contribution is 6.21. The van der Waals surface area contributed by atoms with Gasteiger partial charge in [0.25, 0.3) is 5.92 Å². The van der Waals surface area contributed by atoms with Gasteiger partial charge in [0.15, 0.2) is 0 Å². The van der Waals surface area contributed by atoms with Crippen molar-refractivity contribution in [1.82, 2.24) is 64.9 Å². The Balaban J connectivity index is 1.29. The lowest BCUT2D eigenvalue weighted by molar-refractivity contribution is -0.182. The number of likely N-dealkylation sites (tertiary alicyclic amines) is 2. The van der Waals surface area contributed by atoms with Gasteiger partial charge in [0.05, 0.1) is 32.0 Å². The van der Waals surface area contributed by atoms with Gasteiger partial charge in [-0.15, -0.1) is 11.6 Å². The van der Waals surface area contributed by atoms with Crippen molar-refractivity contribution in [3.8, 4) is 0 Å². The molecule has 7 aliphatic rings. The molecule has 7 fully saturated rings. The zero-order valence-corrected chi connectivity index (χ0v) is 63.4. The van der Waals surface area contributed by atoms with E-state index in [0.717, 1.165) is 63.0 Å². The molecule has 0 aromatic carbocycles. The van der Waals surface area contributed by atoms with Crippen LogP contribution in [0.2, 0.25) is 0 Å². The molecule has 31 heteroatoms. The highest BCUT2D eigenvalue weighted by Gasteiger charge is 2.53. The zero-order valence-electron chi connectivity index (χ0n) is 62.6. The number of hydrogen-bond donors (Lipinski definition) is 3. The summed E-state index contributed by atoms with van der Waals surface area (Å²) >= 11 is 6.43. The number of hydrogen-bond acceptors (Lipinski definition) is 13. The Morgan fingerprint density at radius 2 is 1.21 bits per heavy atom. The molecule has 3 N–H and O–H groups in total. The highest BCUT2D eigenvalue weighted by Crippen LogP contribution is 2.44. The van der Waals surface area contributed by atoms with Crippen LogP contribution < -0.4 is 16.0 Å². The summed E-state index contributed by atoms with van der Waals surface area (Å²) in [5.74, 6) is -14.8. The average Bonchev–Trinajstić information content (AvgIpc) is 1.69. The molecule has 4 aliphatic heterocycles. The van der Waals surface area contributed by atoms with Crippen LogP contribution in [0.1, 0.15) is 182 Å². The summed E-state index contributed by atoms with van der Waals surface area (Å²) < 4.78 is 72.0. The predicted octanol–water partition coefficient (Wildman–Crippen LogP) is 5.24. The third-order valence-corrected chi connectivity index (χ3v) is 24.0. The molecule has 3 aliphatic carbocycles. The van der Waals surface area contributed by atoms with Crippen molar-refractivity contribution >= 4 is 82.5 Å². The number of alkyl halides is 6. The maximum atomic E-state index is 15.7. The van der Waals surface area contributed by atoms with Crippen LogP contribution >= 0.6 is 11.6 Å². The number of likely N-dealkylation sites (N-methyl/N-ethyl adjacent to an activating group) is 7. The SMILES string of the molecule is CC[C@H](C)[C@@H]1NC(=O)[C@H](C)N(C)C(=O)C[C@@H](C(=O)N2CCCCC2)N(C)C(=O)[C@H](C(C)C)N(C)C(=O)C2(CCCC2)NC(=O)[C@@H]2C[C@@H](N3CCC(F)(F)CC3)CN2C(=O)[C@H](CCC2CCC(C(F)(F)F)C(Cl)C2)NC(=O)CN(C)C(=O)[C@H](CC2CCCCC2)N(C)C(=O)CN(C)C(=O)CN(C)C1=O. The minimum atomic E-state index is -4.56. The van der Waals surface area contributed by atoms with Gasteiger partial charge in [-0.25, -0.2) is 8.78 Å². The molecule has 0 aromatic heterocycles. The van der Waals surface area contributed by atoms with E-state index in [2.05, 4.69) is 16.0 Å². The van der Waals surface area contributed by atoms with Crippen LogP contribution in [0.15, 0.2) is 0 Å². The second-order valence-corrected chi connectivity index (χ2v) is 31.8. The van der Waals surface area contributed by atoms with E-state index in [1.165, 1.54) is 71.0 Å². The molecule has 12 atom stereocenters. The number of carbonyl (C=O) groups excluding carboxylic acids is 12. The number of halogens is 6. The smallest absolute Gasteiger partial charge is 0.343 e. The molecule has 0 aromatic rings. The summed E-state index contributed by atoms with van der Waals surface area (Å²) in [6.45, 7) is 6.89. The normalized spacial score (nSPS) is 30.8. The number of amides is 12. The molecule has 582 valence electrons. The second kappa shape index (κ2) is 36.2. The molecule has 0 bridgehead atoms. The van der Waals surface area contributed by atoms with E-state index in [1.54, 1.807) is 37.5 Å². The van der Waals surface area contributed by atoms with Crippen LogP contribution in [0.25, 0.3) is 0 Å². The molecular formula is C72H115ClF5N13O12. The topological polar surface area (TPSA) is 273 Å². The van der Waals surface area contributed by atoms with Crippen molar-refractivity contribution in [2.45, 2.75) is 254 Å². The molecular weight excluding hydrogens is 1370 g/mol. The Labute approximate surface area is 609 Å². The molecule has 25 nitrogen and oxygen atoms in total. The fraction of sp³-hybridized carbons (Fsp3) is 0.833. The first-order valence-electron chi connectivity index (χ1n) is 37.4. The number of carbonyl (C=O) groups is 12. The Bertz CT molecular complexity index is 3030. The molecule has 103 heavy (non-hydrogen) atoms. The summed E-state index contributed by atoms with van der Waals surface area (Å²) in [6, 6.07) is -10.00. The summed E-state index contributed by atoms with van der Waals surface area (Å²) in [5.41, 5.74) is -1.69. The minimum absolute atomic E-state index is 0.0115. The van der Waals surface area contributed by atoms with Gasteiger partial charge >= 0.3 is 6.18 Å². The van der Waals surface area contributed by atoms with Crippen molar-refractivity contribution in [3.05, 3.63) is 0 Å². The van der Waals surface area contributed by atoms with Gasteiger partial charge in [0.1, 0.15) is 47.8 Å². The van der Waals surface area contributed by atoms with Crippen molar-refractivity contribution in [2.75, 3.05) is 102 Å². The van der Waals surface area contributed by atoms with Crippen LogP contribution in [0.3, 0.4) is 0 Å². The van der Waals surface area contributed by atoms with Crippen LogP contribution in [0.4, 0.5) is 22.0 Å². The fourth-order valence-corrected chi connectivity index (χ4v) is 16.9. The third-order valence-electron chi connectivity index (χ3n) is 23.6. The maximum absolute atomic E-state index is 15.7. The first-order chi connectivity index (χ1) is 48.3. The molecule has 4 saturated heterocycles. The van der Waals surface area contributed by atoms with E-state index in [9.17, 15) is 60.3 Å². The number of nitrogens with one attached hydrogen (secondary N) is 3. The second-order valence-electron chi connectivity index (χ2n) is 31.2. The molecule has 1 spiro atoms. The van der Waals surface area contributed by atoms with Crippen LogP contribution in [-0.2, 0) is 57.5 Å². The summed E-state index contributed by atoms with van der Waals surface area (Å²) in [7, 11) is 9.63. The van der Waals surface area contributed by atoms with Gasteiger partial charge in [-0.3, -0.25) is 62.4 Å². The van der Waals surface area contributed by atoms with Gasteiger partial charge in [-0.05, 0) is 108 Å². The summed E-state index contributed by atoms with van der Waals surface area (Å²) in [5, 5.41) is 7.33. The van der Waals surface area contributed by atoms with E-state index >= 15 is 19.2 Å². The van der Waals surface area contributed by atoms with Gasteiger partial charge in [-0.2, -0.15) is 13.2 Å². The maximum Gasteiger partial charge on any atom is 0.393 e. The van der Waals surface area contributed by atoms with Crippen molar-refractivity contribution < 1.29 is 79.5 Å². The highest BCUT2D eigenvalue weighted by atomic mass is 35.5. The largest absolute Gasteiger partial charge is 0.393 e. The van der Waals surface area contributed by atoms with E-state index < -0.39 is 205 Å². The first kappa shape index (κ1) is 83.8. The summed E-state index contributed by atoms with van der Waals surface area (Å²) in [6.07, 6.45) is 1.35. The van der Waals surface area contributed by atoms with E-state index in [1.807, 2.05) is 0 Å². The molecule has 0 radical (unpaired) electrons. The average molecular weight is 1490 g/mol. The minimum Gasteiger partial charge on any atom is -0.343 e. The number of nitrogens with zero attached hydrogens (tertiary/aromatic N) is 10. The molecule has 4 heterocycles. The molecule has 12 amide bonds. The lowest BCUT2D eigenvalue weighted by Crippen LogP contribution is -2.65. The Hall–Kier alpha value is -6.46. The molecule has 3 saturated carbocycles. The predicted molar refractivity (Wildman–Crippen MR) is 374 cm³/mol. The standard InChI is InChI=1S/C72H115ClF5N13O12/c1-13-45(4)60-67(101)84(8)42-58(94)82(6)43-59(95)86(10)54(37-47-22-16-14-17-23-47)65(99)83(7)41-56(92)79-52(27-25-48-24-26-50(51(73)36-48)72(76,77)78)64(98)91-40-49(89-34-30-71(74,75)31-35-89)38-53(91)63(97)81-70(28-18-19-29-70)69(103)88(12)61(44(2)3)68(102)87(11)55(66(100)90-32-20-15-21-33-90)39-57(93)85(9)46(5)62(96)80-60/h44-55,60-61H,13-43H2,1-12H3,(H,79,92)(H,80,96)(H,81,97)/t45-,46-,48?,49+,50?,51?,52-,53-,54-,55-,60-,61-/m0/s1. The lowest BCUT2D eigenvalue weighted by atomic mass is 9.78. The van der Waals surface area contributed by atoms with Crippen molar-refractivity contribution in [1.29, 1.82) is 0 Å². The van der Waals surface area contributed by atoms with E-state index in [0.29, 0.717) is 45.2 Å². The number of fused-ring (bicyclic) bond motifs is 1. The molecule has 7 rings (SSSR count). The van der Waals surface area contributed by atoms with Gasteiger partial charge in [-0.1, -0.05) is 79.1 Å². The lowest BCUT2D eigenvalue weighted by Gasteiger charge is -2.41. The zero-order chi connectivity index (χ0) is 76.3. The fourth-order valence-electron chi connectivity index (χ4n) is 16.4. The Morgan fingerprint density at radius 3 is 1.81 bits per heavy atom. The number of piperidine rings is 2. The first-order valence-corrected chi connectivity index (χ1v) is 37.9. The van der Waals surface area contributed by atoms with Crippen molar-refractivity contribution in [3.63, 3.8) is 0 Å². The van der Waals surface area contributed by atoms with Crippen LogP contribution in [0, 0.1) is 29.6 Å². The van der Waals surface area contributed by atoms with E-state index in [-0.39, 0.29) is 83.3 Å². The van der Waals surface area contributed by atoms with Crippen LogP contribution in [-0.4, -0.2) is 293 Å². The molecule has 3 unspecified atom stereocenters. The van der Waals surface area contributed by atoms with Crippen molar-refractivity contribution in [2.24, 2.45) is 29.6 Å².